The summed E-state index contributed by atoms with van der Waals surface area (Å²) in [4.78, 5) is 0. The average molecular weight is 330 g/mol. The minimum Gasteiger partial charge on any atom is -0.394 e. The van der Waals surface area contributed by atoms with Crippen molar-refractivity contribution in [2.24, 2.45) is 0 Å². The van der Waals surface area contributed by atoms with E-state index < -0.39 is 24.4 Å². The molecule has 4 atom stereocenters. The zero-order chi connectivity index (χ0) is 16.9. The van der Waals surface area contributed by atoms with Gasteiger partial charge >= 0.3 is 0 Å². The number of rotatable bonds is 13. The molecule has 5 nitrogen and oxygen atoms in total. The third-order valence-corrected chi connectivity index (χ3v) is 4.22. The molecule has 1 heterocycles. The van der Waals surface area contributed by atoms with E-state index in [0.29, 0.717) is 6.61 Å². The minimum absolute atomic E-state index is 0.0920. The minimum atomic E-state index is -0.984. The highest BCUT2D eigenvalue weighted by molar-refractivity contribution is 4.88. The van der Waals surface area contributed by atoms with Crippen LogP contribution >= 0.6 is 0 Å². The third-order valence-electron chi connectivity index (χ3n) is 4.22. The summed E-state index contributed by atoms with van der Waals surface area (Å²) in [7, 11) is 0. The zero-order valence-electron chi connectivity index (χ0n) is 14.4. The molecule has 1 rings (SSSR count). The highest BCUT2D eigenvalue weighted by Crippen LogP contribution is 2.19. The molecule has 1 aliphatic rings. The Labute approximate surface area is 140 Å². The molecule has 0 bridgehead atoms. The number of allylic oxidation sites excluding steroid dienone is 2. The first-order valence-electron chi connectivity index (χ1n) is 9.05. The standard InChI is InChI=1S/C18H34O5/c1-2-3-4-5-6-7-8-9-10-11-12-22-16(13-19)18-17(21)15(20)14-23-18/h7-8,15-21H,2-6,9-14H2,1H3/b8-7+/t15-,16+,17-,18-/m1/s1. The van der Waals surface area contributed by atoms with E-state index in [1.54, 1.807) is 0 Å². The summed E-state index contributed by atoms with van der Waals surface area (Å²) in [6.07, 6.45) is 10.8. The third kappa shape index (κ3) is 8.27. The molecule has 0 unspecified atom stereocenters. The van der Waals surface area contributed by atoms with Crippen LogP contribution in [0.25, 0.3) is 0 Å². The summed E-state index contributed by atoms with van der Waals surface area (Å²) in [5.74, 6) is 0. The van der Waals surface area contributed by atoms with E-state index in [-0.39, 0.29) is 13.2 Å². The van der Waals surface area contributed by atoms with E-state index in [4.69, 9.17) is 9.47 Å². The molecule has 0 aliphatic carbocycles. The van der Waals surface area contributed by atoms with Crippen LogP contribution in [0.15, 0.2) is 12.2 Å². The van der Waals surface area contributed by atoms with Crippen molar-refractivity contribution in [3.05, 3.63) is 12.2 Å². The van der Waals surface area contributed by atoms with Gasteiger partial charge in [-0.3, -0.25) is 0 Å². The molecule has 0 saturated carbocycles. The second-order valence-electron chi connectivity index (χ2n) is 6.26. The summed E-state index contributed by atoms with van der Waals surface area (Å²) in [5, 5.41) is 28.6. The highest BCUT2D eigenvalue weighted by atomic mass is 16.6. The van der Waals surface area contributed by atoms with E-state index in [0.717, 1.165) is 19.3 Å². The molecule has 0 amide bonds. The van der Waals surface area contributed by atoms with Gasteiger partial charge in [0.1, 0.15) is 24.4 Å². The van der Waals surface area contributed by atoms with Crippen LogP contribution in [0.5, 0.6) is 0 Å². The van der Waals surface area contributed by atoms with Crippen LogP contribution in [0.1, 0.15) is 58.3 Å². The number of ether oxygens (including phenoxy) is 2. The molecule has 3 N–H and O–H groups in total. The number of hydrogen-bond donors (Lipinski definition) is 3. The van der Waals surface area contributed by atoms with E-state index in [9.17, 15) is 15.3 Å². The van der Waals surface area contributed by atoms with Gasteiger partial charge in [-0.25, -0.2) is 0 Å². The highest BCUT2D eigenvalue weighted by Gasteiger charge is 2.40. The van der Waals surface area contributed by atoms with Gasteiger partial charge in [0, 0.05) is 6.61 Å². The van der Waals surface area contributed by atoms with Gasteiger partial charge in [-0.2, -0.15) is 0 Å². The van der Waals surface area contributed by atoms with E-state index in [1.807, 2.05) is 0 Å². The molecule has 0 aromatic carbocycles. The number of aliphatic hydroxyl groups is 3. The predicted molar refractivity (Wildman–Crippen MR) is 90.3 cm³/mol. The van der Waals surface area contributed by atoms with Gasteiger partial charge in [0.2, 0.25) is 0 Å². The first-order valence-corrected chi connectivity index (χ1v) is 9.05. The van der Waals surface area contributed by atoms with Crippen molar-refractivity contribution >= 4 is 0 Å². The maximum atomic E-state index is 9.76. The molecular weight excluding hydrogens is 296 g/mol. The van der Waals surface area contributed by atoms with Crippen LogP contribution in [0.3, 0.4) is 0 Å². The maximum Gasteiger partial charge on any atom is 0.114 e. The van der Waals surface area contributed by atoms with Crippen molar-refractivity contribution in [2.45, 2.75) is 82.7 Å². The van der Waals surface area contributed by atoms with Gasteiger partial charge in [0.25, 0.3) is 0 Å². The Morgan fingerprint density at radius 1 is 1.09 bits per heavy atom. The molecule has 0 radical (unpaired) electrons. The van der Waals surface area contributed by atoms with Crippen molar-refractivity contribution < 1.29 is 24.8 Å². The maximum absolute atomic E-state index is 9.76. The Bertz CT molecular complexity index is 308. The SMILES string of the molecule is CCCCCC/C=C/CCCCO[C@@H](CO)[C@H]1OC[C@@H](O)[C@H]1O. The lowest BCUT2D eigenvalue weighted by Crippen LogP contribution is -2.42. The second kappa shape index (κ2) is 12.9. The molecule has 1 aliphatic heterocycles. The number of unbranched alkanes of at least 4 members (excludes halogenated alkanes) is 6. The Morgan fingerprint density at radius 3 is 2.35 bits per heavy atom. The van der Waals surface area contributed by atoms with Crippen LogP contribution in [0, 0.1) is 0 Å². The Kier molecular flexibility index (Phi) is 11.5. The van der Waals surface area contributed by atoms with Crippen LogP contribution in [-0.2, 0) is 9.47 Å². The second-order valence-corrected chi connectivity index (χ2v) is 6.26. The first kappa shape index (κ1) is 20.6. The first-order chi connectivity index (χ1) is 11.2. The molecule has 0 aromatic heterocycles. The van der Waals surface area contributed by atoms with Crippen molar-refractivity contribution in [3.8, 4) is 0 Å². The number of hydrogen-bond acceptors (Lipinski definition) is 5. The molecule has 23 heavy (non-hydrogen) atoms. The van der Waals surface area contributed by atoms with E-state index in [1.165, 1.54) is 32.1 Å². The fourth-order valence-corrected chi connectivity index (χ4v) is 2.73. The van der Waals surface area contributed by atoms with Gasteiger partial charge < -0.3 is 24.8 Å². The van der Waals surface area contributed by atoms with Crippen molar-refractivity contribution in [3.63, 3.8) is 0 Å². The van der Waals surface area contributed by atoms with E-state index in [2.05, 4.69) is 19.1 Å². The molecule has 0 aromatic rings. The Balaban J connectivity index is 2.02. The normalized spacial score (nSPS) is 26.2. The molecular formula is C18H34O5. The molecule has 1 saturated heterocycles. The smallest absolute Gasteiger partial charge is 0.114 e. The quantitative estimate of drug-likeness (QED) is 0.356. The molecule has 1 fully saturated rings. The zero-order valence-corrected chi connectivity index (χ0v) is 14.4. The van der Waals surface area contributed by atoms with Gasteiger partial charge in [0.05, 0.1) is 13.2 Å². The monoisotopic (exact) mass is 330 g/mol. The lowest BCUT2D eigenvalue weighted by Gasteiger charge is -2.24. The van der Waals surface area contributed by atoms with Crippen LogP contribution < -0.4 is 0 Å². The lowest BCUT2D eigenvalue weighted by atomic mass is 10.1. The van der Waals surface area contributed by atoms with Gasteiger partial charge in [-0.1, -0.05) is 38.3 Å². The van der Waals surface area contributed by atoms with E-state index >= 15 is 0 Å². The predicted octanol–water partition coefficient (Wildman–Crippen LogP) is 2.18. The van der Waals surface area contributed by atoms with Crippen LogP contribution in [0.4, 0.5) is 0 Å². The summed E-state index contributed by atoms with van der Waals surface area (Å²) in [6, 6.07) is 0. The van der Waals surface area contributed by atoms with Crippen LogP contribution in [-0.4, -0.2) is 59.6 Å². The average Bonchev–Trinajstić information content (AvgIpc) is 2.88. The topological polar surface area (TPSA) is 79.2 Å². The van der Waals surface area contributed by atoms with Gasteiger partial charge in [-0.05, 0) is 32.1 Å². The van der Waals surface area contributed by atoms with Crippen molar-refractivity contribution in [2.75, 3.05) is 19.8 Å². The molecule has 5 heteroatoms. The summed E-state index contributed by atoms with van der Waals surface area (Å²) in [6.45, 7) is 2.63. The fourth-order valence-electron chi connectivity index (χ4n) is 2.73. The van der Waals surface area contributed by atoms with Crippen molar-refractivity contribution in [1.82, 2.24) is 0 Å². The summed E-state index contributed by atoms with van der Waals surface area (Å²) < 4.78 is 10.9. The molecule has 0 spiro atoms. The Morgan fingerprint density at radius 2 is 1.78 bits per heavy atom. The summed E-state index contributed by atoms with van der Waals surface area (Å²) in [5.41, 5.74) is 0. The van der Waals surface area contributed by atoms with Crippen LogP contribution in [0.2, 0.25) is 0 Å². The van der Waals surface area contributed by atoms with Gasteiger partial charge in [-0.15, -0.1) is 0 Å². The number of aliphatic hydroxyl groups excluding tert-OH is 3. The lowest BCUT2D eigenvalue weighted by molar-refractivity contribution is -0.101. The molecule has 136 valence electrons. The largest absolute Gasteiger partial charge is 0.394 e. The Hall–Kier alpha value is -0.460. The van der Waals surface area contributed by atoms with Crippen molar-refractivity contribution in [1.29, 1.82) is 0 Å². The van der Waals surface area contributed by atoms with Gasteiger partial charge in [0.15, 0.2) is 0 Å². The summed E-state index contributed by atoms with van der Waals surface area (Å²) >= 11 is 0. The fraction of sp³-hybridized carbons (Fsp3) is 0.889.